The Morgan fingerprint density at radius 1 is 1.00 bits per heavy atom. The normalized spacial score (nSPS) is 10.1. The van der Waals surface area contributed by atoms with E-state index in [1.807, 2.05) is 61.5 Å². The number of nitrogens with one attached hydrogen (secondary N) is 1. The number of benzene rings is 2. The summed E-state index contributed by atoms with van der Waals surface area (Å²) >= 11 is 0. The summed E-state index contributed by atoms with van der Waals surface area (Å²) in [5, 5.41) is 2.80. The van der Waals surface area contributed by atoms with Gasteiger partial charge in [0.2, 0.25) is 11.8 Å². The van der Waals surface area contributed by atoms with Gasteiger partial charge < -0.3 is 10.2 Å². The fraction of sp³-hybridized carbons (Fsp3) is 0.222. The van der Waals surface area contributed by atoms with E-state index in [-0.39, 0.29) is 18.4 Å². The Morgan fingerprint density at radius 2 is 1.64 bits per heavy atom. The highest BCUT2D eigenvalue weighted by Crippen LogP contribution is 2.21. The standard InChI is InChI=1S/C18H20N2O2/c1-3-15-9-7-8-12-17(15)20(14(2)21)13-18(22)19-16-10-5-4-6-11-16/h4-12H,3,13H2,1-2H3,(H,19,22). The molecule has 0 saturated carbocycles. The number of hydrogen-bond acceptors (Lipinski definition) is 2. The summed E-state index contributed by atoms with van der Waals surface area (Å²) in [6.45, 7) is 3.50. The van der Waals surface area contributed by atoms with Gasteiger partial charge in [0.1, 0.15) is 6.54 Å². The van der Waals surface area contributed by atoms with E-state index >= 15 is 0 Å². The quantitative estimate of drug-likeness (QED) is 0.921. The van der Waals surface area contributed by atoms with Crippen molar-refractivity contribution < 1.29 is 9.59 Å². The molecule has 2 rings (SSSR count). The van der Waals surface area contributed by atoms with E-state index in [9.17, 15) is 9.59 Å². The summed E-state index contributed by atoms with van der Waals surface area (Å²) in [4.78, 5) is 25.7. The van der Waals surface area contributed by atoms with Crippen molar-refractivity contribution in [1.29, 1.82) is 0 Å². The summed E-state index contributed by atoms with van der Waals surface area (Å²) < 4.78 is 0. The van der Waals surface area contributed by atoms with Crippen LogP contribution in [0.15, 0.2) is 54.6 Å². The Labute approximate surface area is 130 Å². The SMILES string of the molecule is CCc1ccccc1N(CC(=O)Nc1ccccc1)C(C)=O. The number of para-hydroxylation sites is 2. The van der Waals surface area contributed by atoms with Crippen molar-refractivity contribution in [1.82, 2.24) is 0 Å². The number of amides is 2. The van der Waals surface area contributed by atoms with Gasteiger partial charge in [0.05, 0.1) is 0 Å². The van der Waals surface area contributed by atoms with E-state index in [0.717, 1.165) is 23.4 Å². The molecule has 0 atom stereocenters. The zero-order valence-electron chi connectivity index (χ0n) is 12.9. The van der Waals surface area contributed by atoms with E-state index in [1.165, 1.54) is 11.8 Å². The molecule has 22 heavy (non-hydrogen) atoms. The fourth-order valence-electron chi connectivity index (χ4n) is 2.30. The van der Waals surface area contributed by atoms with Crippen LogP contribution in [-0.4, -0.2) is 18.4 Å². The van der Waals surface area contributed by atoms with Gasteiger partial charge in [-0.25, -0.2) is 0 Å². The van der Waals surface area contributed by atoms with Crippen molar-refractivity contribution >= 4 is 23.2 Å². The first kappa shape index (κ1) is 15.8. The lowest BCUT2D eigenvalue weighted by atomic mass is 10.1. The Hall–Kier alpha value is -2.62. The zero-order valence-corrected chi connectivity index (χ0v) is 12.9. The van der Waals surface area contributed by atoms with Gasteiger partial charge in [0.15, 0.2) is 0 Å². The van der Waals surface area contributed by atoms with E-state index in [0.29, 0.717) is 0 Å². The van der Waals surface area contributed by atoms with Crippen molar-refractivity contribution in [3.63, 3.8) is 0 Å². The van der Waals surface area contributed by atoms with Gasteiger partial charge in [0.25, 0.3) is 0 Å². The number of carbonyl (C=O) groups is 2. The summed E-state index contributed by atoms with van der Waals surface area (Å²) in [7, 11) is 0. The van der Waals surface area contributed by atoms with Gasteiger partial charge in [-0.1, -0.05) is 43.3 Å². The number of hydrogen-bond donors (Lipinski definition) is 1. The lowest BCUT2D eigenvalue weighted by Crippen LogP contribution is -2.37. The molecule has 0 unspecified atom stereocenters. The molecule has 2 amide bonds. The van der Waals surface area contributed by atoms with Crippen LogP contribution in [0.25, 0.3) is 0 Å². The average molecular weight is 296 g/mol. The fourth-order valence-corrected chi connectivity index (χ4v) is 2.30. The molecule has 0 spiro atoms. The molecule has 0 saturated heterocycles. The van der Waals surface area contributed by atoms with E-state index in [2.05, 4.69) is 5.32 Å². The van der Waals surface area contributed by atoms with Crippen molar-refractivity contribution in [2.45, 2.75) is 20.3 Å². The van der Waals surface area contributed by atoms with Crippen molar-refractivity contribution in [2.24, 2.45) is 0 Å². The Kier molecular flexibility index (Phi) is 5.31. The molecule has 2 aromatic carbocycles. The molecule has 0 aliphatic heterocycles. The van der Waals surface area contributed by atoms with Crippen molar-refractivity contribution in [2.75, 3.05) is 16.8 Å². The zero-order chi connectivity index (χ0) is 15.9. The van der Waals surface area contributed by atoms with Gasteiger partial charge in [-0.15, -0.1) is 0 Å². The third kappa shape index (κ3) is 3.95. The van der Waals surface area contributed by atoms with Crippen LogP contribution in [0.4, 0.5) is 11.4 Å². The van der Waals surface area contributed by atoms with Crippen molar-refractivity contribution in [3.05, 3.63) is 60.2 Å². The largest absolute Gasteiger partial charge is 0.325 e. The predicted octanol–water partition coefficient (Wildman–Crippen LogP) is 3.24. The highest BCUT2D eigenvalue weighted by atomic mass is 16.2. The van der Waals surface area contributed by atoms with Crippen LogP contribution in [0.1, 0.15) is 19.4 Å². The molecule has 4 heteroatoms. The molecule has 0 fully saturated rings. The number of rotatable bonds is 5. The van der Waals surface area contributed by atoms with Gasteiger partial charge in [-0.3, -0.25) is 9.59 Å². The minimum Gasteiger partial charge on any atom is -0.325 e. The molecule has 0 radical (unpaired) electrons. The summed E-state index contributed by atoms with van der Waals surface area (Å²) in [6, 6.07) is 16.9. The first-order chi connectivity index (χ1) is 10.6. The van der Waals surface area contributed by atoms with Crippen LogP contribution in [0.2, 0.25) is 0 Å². The molecule has 4 nitrogen and oxygen atoms in total. The highest BCUT2D eigenvalue weighted by Gasteiger charge is 2.18. The first-order valence-corrected chi connectivity index (χ1v) is 7.32. The highest BCUT2D eigenvalue weighted by molar-refractivity contribution is 6.02. The number of anilines is 2. The molecule has 0 aliphatic rings. The molecule has 2 aromatic rings. The predicted molar refractivity (Wildman–Crippen MR) is 88.9 cm³/mol. The third-order valence-corrected chi connectivity index (χ3v) is 3.40. The molecule has 0 aliphatic carbocycles. The maximum absolute atomic E-state index is 12.2. The maximum Gasteiger partial charge on any atom is 0.244 e. The monoisotopic (exact) mass is 296 g/mol. The Balaban J connectivity index is 2.15. The van der Waals surface area contributed by atoms with E-state index in [1.54, 1.807) is 0 Å². The van der Waals surface area contributed by atoms with Crippen molar-refractivity contribution in [3.8, 4) is 0 Å². The smallest absolute Gasteiger partial charge is 0.244 e. The molecular formula is C18H20N2O2. The van der Waals surface area contributed by atoms with Gasteiger partial charge in [-0.2, -0.15) is 0 Å². The van der Waals surface area contributed by atoms with Crippen LogP contribution in [0, 0.1) is 0 Å². The summed E-state index contributed by atoms with van der Waals surface area (Å²) in [5.41, 5.74) is 2.56. The summed E-state index contributed by atoms with van der Waals surface area (Å²) in [5.74, 6) is -0.364. The summed E-state index contributed by atoms with van der Waals surface area (Å²) in [6.07, 6.45) is 0.806. The maximum atomic E-state index is 12.2. The third-order valence-electron chi connectivity index (χ3n) is 3.40. The van der Waals surface area contributed by atoms with Gasteiger partial charge in [0, 0.05) is 18.3 Å². The minimum atomic E-state index is -0.215. The minimum absolute atomic E-state index is 0.00123. The molecular weight excluding hydrogens is 276 g/mol. The number of aryl methyl sites for hydroxylation is 1. The Bertz CT molecular complexity index is 653. The number of carbonyl (C=O) groups excluding carboxylic acids is 2. The van der Waals surface area contributed by atoms with E-state index in [4.69, 9.17) is 0 Å². The lowest BCUT2D eigenvalue weighted by Gasteiger charge is -2.23. The second-order valence-corrected chi connectivity index (χ2v) is 5.00. The molecule has 0 heterocycles. The van der Waals surface area contributed by atoms with Crippen LogP contribution >= 0.6 is 0 Å². The van der Waals surface area contributed by atoms with Crippen LogP contribution in [-0.2, 0) is 16.0 Å². The molecule has 114 valence electrons. The van der Waals surface area contributed by atoms with Gasteiger partial charge in [-0.05, 0) is 30.2 Å². The second-order valence-electron chi connectivity index (χ2n) is 5.00. The van der Waals surface area contributed by atoms with E-state index < -0.39 is 0 Å². The van der Waals surface area contributed by atoms with Gasteiger partial charge >= 0.3 is 0 Å². The Morgan fingerprint density at radius 3 is 2.27 bits per heavy atom. The molecule has 0 aromatic heterocycles. The first-order valence-electron chi connectivity index (χ1n) is 7.32. The average Bonchev–Trinajstić information content (AvgIpc) is 2.53. The molecule has 1 N–H and O–H groups in total. The van der Waals surface area contributed by atoms with Crippen LogP contribution in [0.3, 0.4) is 0 Å². The van der Waals surface area contributed by atoms with Crippen LogP contribution < -0.4 is 10.2 Å². The second kappa shape index (κ2) is 7.41. The topological polar surface area (TPSA) is 49.4 Å². The number of nitrogens with zero attached hydrogens (tertiary/aromatic N) is 1. The lowest BCUT2D eigenvalue weighted by molar-refractivity contribution is -0.120. The molecule has 0 bridgehead atoms. The van der Waals surface area contributed by atoms with Crippen LogP contribution in [0.5, 0.6) is 0 Å².